The molecule has 0 amide bonds. The maximum Gasteiger partial charge on any atom is 0.150 e. The van der Waals surface area contributed by atoms with E-state index >= 15 is 0 Å². The Morgan fingerprint density at radius 2 is 2.21 bits per heavy atom. The van der Waals surface area contributed by atoms with E-state index in [2.05, 4.69) is 28.8 Å². The number of hydrogen-bond donors (Lipinski definition) is 5. The first-order valence-electron chi connectivity index (χ1n) is 8.12. The Labute approximate surface area is 143 Å². The minimum absolute atomic E-state index is 0.0165. The third-order valence-corrected chi connectivity index (χ3v) is 4.05. The number of hydrogen-bond acceptors (Lipinski definition) is 5. The second-order valence-electron chi connectivity index (χ2n) is 5.81. The molecule has 1 aliphatic carbocycles. The van der Waals surface area contributed by atoms with Crippen molar-refractivity contribution < 1.29 is 0 Å². The minimum atomic E-state index is 0.0165. The number of nitrogens with zero attached hydrogens (tertiary/aromatic N) is 1. The van der Waals surface area contributed by atoms with Gasteiger partial charge in [0.15, 0.2) is 5.84 Å². The van der Waals surface area contributed by atoms with Crippen molar-refractivity contribution in [1.29, 1.82) is 5.41 Å². The first-order valence-corrected chi connectivity index (χ1v) is 8.12. The standard InChI is InChI=1S/C18H26N6/c1-23-24-18(22)14-7-8-16(20)15(11-14)17(21)13-6-2-4-12(10-13)5-3-9-19/h2,4,7-8,10-11,13,21,23H,3,5-6,9,19-20H2,1H3,(H2,22,24). The Hall–Kier alpha value is -2.60. The number of hydrazone groups is 1. The summed E-state index contributed by atoms with van der Waals surface area (Å²) in [6, 6.07) is 5.42. The highest BCUT2D eigenvalue weighted by Gasteiger charge is 2.19. The molecule has 1 atom stereocenters. The number of nitrogens with two attached hydrogens (primary N) is 3. The van der Waals surface area contributed by atoms with E-state index in [0.717, 1.165) is 24.8 Å². The van der Waals surface area contributed by atoms with Crippen LogP contribution in [-0.2, 0) is 0 Å². The Bertz CT molecular complexity index is 687. The van der Waals surface area contributed by atoms with Gasteiger partial charge in [-0.15, -0.1) is 0 Å². The molecule has 0 bridgehead atoms. The van der Waals surface area contributed by atoms with Crippen LogP contribution in [0.25, 0.3) is 0 Å². The van der Waals surface area contributed by atoms with Crippen LogP contribution in [0.3, 0.4) is 0 Å². The van der Waals surface area contributed by atoms with Crippen molar-refractivity contribution in [1.82, 2.24) is 5.43 Å². The molecule has 1 unspecified atom stereocenters. The smallest absolute Gasteiger partial charge is 0.150 e. The van der Waals surface area contributed by atoms with Crippen molar-refractivity contribution in [3.05, 3.63) is 53.1 Å². The SMILES string of the molecule is CN/N=C(\N)c1ccc(N)c(C(=N)C2C=C(CCCN)C=CC2)c1. The molecule has 0 aliphatic heterocycles. The molecule has 6 nitrogen and oxygen atoms in total. The number of benzene rings is 1. The number of anilines is 1. The molecule has 1 aromatic rings. The van der Waals surface area contributed by atoms with Crippen LogP contribution in [0.5, 0.6) is 0 Å². The summed E-state index contributed by atoms with van der Waals surface area (Å²) in [4.78, 5) is 0. The molecular formula is C18H26N6. The zero-order valence-corrected chi connectivity index (χ0v) is 14.0. The van der Waals surface area contributed by atoms with Gasteiger partial charge in [-0.1, -0.05) is 23.8 Å². The zero-order chi connectivity index (χ0) is 17.5. The maximum atomic E-state index is 8.59. The molecule has 0 aromatic heterocycles. The predicted octanol–water partition coefficient (Wildman–Crippen LogP) is 1.72. The lowest BCUT2D eigenvalue weighted by atomic mass is 9.86. The van der Waals surface area contributed by atoms with Crippen molar-refractivity contribution in [2.75, 3.05) is 19.3 Å². The van der Waals surface area contributed by atoms with E-state index in [1.807, 2.05) is 12.1 Å². The first-order chi connectivity index (χ1) is 11.6. The van der Waals surface area contributed by atoms with E-state index in [0.29, 0.717) is 29.3 Å². The molecule has 128 valence electrons. The van der Waals surface area contributed by atoms with Gasteiger partial charge in [-0.25, -0.2) is 0 Å². The summed E-state index contributed by atoms with van der Waals surface area (Å²) < 4.78 is 0. The third-order valence-electron chi connectivity index (χ3n) is 4.05. The summed E-state index contributed by atoms with van der Waals surface area (Å²) in [5, 5.41) is 12.6. The fourth-order valence-corrected chi connectivity index (χ4v) is 2.76. The van der Waals surface area contributed by atoms with Crippen molar-refractivity contribution in [3.8, 4) is 0 Å². The van der Waals surface area contributed by atoms with E-state index in [-0.39, 0.29) is 5.92 Å². The summed E-state index contributed by atoms with van der Waals surface area (Å²) in [6.07, 6.45) is 9.07. The van der Waals surface area contributed by atoms with Gasteiger partial charge >= 0.3 is 0 Å². The minimum Gasteiger partial charge on any atom is -0.398 e. The first kappa shape index (κ1) is 17.7. The average Bonchev–Trinajstić information content (AvgIpc) is 2.60. The van der Waals surface area contributed by atoms with Gasteiger partial charge in [0.2, 0.25) is 0 Å². The zero-order valence-electron chi connectivity index (χ0n) is 14.0. The molecule has 6 heteroatoms. The monoisotopic (exact) mass is 326 g/mol. The molecule has 2 rings (SSSR count). The van der Waals surface area contributed by atoms with E-state index < -0.39 is 0 Å². The molecule has 1 aromatic carbocycles. The van der Waals surface area contributed by atoms with Crippen LogP contribution in [0.2, 0.25) is 0 Å². The van der Waals surface area contributed by atoms with Gasteiger partial charge in [0.05, 0.1) is 0 Å². The molecule has 0 saturated heterocycles. The van der Waals surface area contributed by atoms with Crippen molar-refractivity contribution in [3.63, 3.8) is 0 Å². The highest BCUT2D eigenvalue weighted by molar-refractivity contribution is 6.08. The number of nitrogen functional groups attached to an aromatic ring is 1. The fraction of sp³-hybridized carbons (Fsp3) is 0.333. The van der Waals surface area contributed by atoms with E-state index in [9.17, 15) is 0 Å². The molecule has 0 spiro atoms. The molecule has 24 heavy (non-hydrogen) atoms. The maximum absolute atomic E-state index is 8.59. The highest BCUT2D eigenvalue weighted by atomic mass is 15.3. The van der Waals surface area contributed by atoms with Gasteiger partial charge in [0, 0.05) is 35.5 Å². The molecule has 0 radical (unpaired) electrons. The number of amidine groups is 1. The van der Waals surface area contributed by atoms with Crippen LogP contribution in [-0.4, -0.2) is 25.1 Å². The van der Waals surface area contributed by atoms with Crippen LogP contribution in [0.1, 0.15) is 30.4 Å². The summed E-state index contributed by atoms with van der Waals surface area (Å²) in [7, 11) is 1.69. The molecule has 0 saturated carbocycles. The average molecular weight is 326 g/mol. The summed E-state index contributed by atoms with van der Waals surface area (Å²) >= 11 is 0. The van der Waals surface area contributed by atoms with Gasteiger partial charge in [-0.2, -0.15) is 5.10 Å². The van der Waals surface area contributed by atoms with Gasteiger partial charge in [-0.05, 0) is 44.0 Å². The Kier molecular flexibility index (Phi) is 6.14. The van der Waals surface area contributed by atoms with Crippen molar-refractivity contribution in [2.24, 2.45) is 22.5 Å². The Balaban J connectivity index is 2.26. The lowest BCUT2D eigenvalue weighted by molar-refractivity contribution is 0.793. The topological polar surface area (TPSA) is 126 Å². The normalized spacial score (nSPS) is 17.5. The van der Waals surface area contributed by atoms with Crippen molar-refractivity contribution in [2.45, 2.75) is 19.3 Å². The van der Waals surface area contributed by atoms with E-state index in [1.165, 1.54) is 5.57 Å². The van der Waals surface area contributed by atoms with Gasteiger partial charge in [-0.3, -0.25) is 0 Å². The lowest BCUT2D eigenvalue weighted by Gasteiger charge is -2.19. The summed E-state index contributed by atoms with van der Waals surface area (Å²) in [6.45, 7) is 0.673. The van der Waals surface area contributed by atoms with Crippen LogP contribution < -0.4 is 22.6 Å². The third kappa shape index (κ3) is 4.23. The van der Waals surface area contributed by atoms with Crippen LogP contribution >= 0.6 is 0 Å². The summed E-state index contributed by atoms with van der Waals surface area (Å²) in [5.41, 5.74) is 24.0. The molecule has 1 aliphatic rings. The van der Waals surface area contributed by atoms with E-state index in [4.69, 9.17) is 22.6 Å². The number of allylic oxidation sites excluding steroid dienone is 4. The molecule has 8 N–H and O–H groups in total. The fourth-order valence-electron chi connectivity index (χ4n) is 2.76. The van der Waals surface area contributed by atoms with E-state index in [1.54, 1.807) is 13.1 Å². The van der Waals surface area contributed by atoms with Gasteiger partial charge < -0.3 is 28.0 Å². The van der Waals surface area contributed by atoms with Gasteiger partial charge in [0.25, 0.3) is 0 Å². The quantitative estimate of drug-likeness (QED) is 0.226. The summed E-state index contributed by atoms with van der Waals surface area (Å²) in [5.74, 6) is 0.386. The Morgan fingerprint density at radius 3 is 2.92 bits per heavy atom. The predicted molar refractivity (Wildman–Crippen MR) is 101 cm³/mol. The van der Waals surface area contributed by atoms with Crippen LogP contribution in [0.4, 0.5) is 5.69 Å². The highest BCUT2D eigenvalue weighted by Crippen LogP contribution is 2.26. The lowest BCUT2D eigenvalue weighted by Crippen LogP contribution is -2.20. The Morgan fingerprint density at radius 1 is 1.42 bits per heavy atom. The molecular weight excluding hydrogens is 300 g/mol. The van der Waals surface area contributed by atoms with Crippen molar-refractivity contribution >= 4 is 17.2 Å². The second-order valence-corrected chi connectivity index (χ2v) is 5.81. The molecule has 0 heterocycles. The van der Waals surface area contributed by atoms with Crippen LogP contribution in [0.15, 0.2) is 47.1 Å². The largest absolute Gasteiger partial charge is 0.398 e. The van der Waals surface area contributed by atoms with Crippen LogP contribution in [0, 0.1) is 11.3 Å². The number of rotatable bonds is 7. The molecule has 0 fully saturated rings. The number of nitrogens with one attached hydrogen (secondary N) is 2. The second kappa shape index (κ2) is 8.31. The van der Waals surface area contributed by atoms with Gasteiger partial charge in [0.1, 0.15) is 0 Å².